The van der Waals surface area contributed by atoms with Crippen molar-refractivity contribution in [2.75, 3.05) is 0 Å². The molecule has 0 saturated heterocycles. The fraction of sp³-hybridized carbons (Fsp3) is 0.875. The number of carboxylic acids is 1. The molecular formula is C8H10F3NO4. The molecule has 8 heteroatoms. The van der Waals surface area contributed by atoms with Crippen LogP contribution in [-0.2, 0) is 4.79 Å². The zero-order chi connectivity index (χ0) is 12.5. The summed E-state index contributed by atoms with van der Waals surface area (Å²) in [5.74, 6) is -4.57. The molecule has 1 rings (SSSR count). The lowest BCUT2D eigenvalue weighted by atomic mass is 9.78. The maximum atomic E-state index is 12.4. The molecule has 1 saturated carbocycles. The van der Waals surface area contributed by atoms with Gasteiger partial charge in [-0.2, -0.15) is 13.2 Å². The van der Waals surface area contributed by atoms with E-state index in [4.69, 9.17) is 5.11 Å². The molecule has 0 aromatic heterocycles. The molecule has 0 aromatic carbocycles. The highest BCUT2D eigenvalue weighted by Crippen LogP contribution is 2.40. The topological polar surface area (TPSA) is 80.4 Å². The van der Waals surface area contributed by atoms with E-state index in [2.05, 4.69) is 0 Å². The lowest BCUT2D eigenvalue weighted by Gasteiger charge is -2.29. The zero-order valence-electron chi connectivity index (χ0n) is 8.11. The SMILES string of the molecule is O=C(O)C1CC([N+](=O)[O-])CC(C(F)(F)F)C1. The monoisotopic (exact) mass is 241 g/mol. The number of hydrogen-bond acceptors (Lipinski definition) is 3. The first kappa shape index (κ1) is 12.7. The van der Waals surface area contributed by atoms with Crippen molar-refractivity contribution in [3.8, 4) is 0 Å². The lowest BCUT2D eigenvalue weighted by molar-refractivity contribution is -0.531. The number of carbonyl (C=O) groups is 1. The molecule has 0 aromatic rings. The normalized spacial score (nSPS) is 31.1. The molecular weight excluding hydrogens is 231 g/mol. The Morgan fingerprint density at radius 1 is 1.31 bits per heavy atom. The number of alkyl halides is 3. The van der Waals surface area contributed by atoms with Crippen LogP contribution in [0.25, 0.3) is 0 Å². The van der Waals surface area contributed by atoms with Gasteiger partial charge < -0.3 is 5.11 Å². The summed E-state index contributed by atoms with van der Waals surface area (Å²) in [4.78, 5) is 20.2. The number of halogens is 3. The predicted molar refractivity (Wildman–Crippen MR) is 45.3 cm³/mol. The van der Waals surface area contributed by atoms with Crippen LogP contribution in [0.5, 0.6) is 0 Å². The average molecular weight is 241 g/mol. The molecule has 3 atom stereocenters. The molecule has 1 aliphatic rings. The van der Waals surface area contributed by atoms with Crippen LogP contribution in [0.4, 0.5) is 13.2 Å². The van der Waals surface area contributed by atoms with Crippen molar-refractivity contribution in [2.24, 2.45) is 11.8 Å². The second-order valence-electron chi connectivity index (χ2n) is 3.92. The minimum absolute atomic E-state index is 0.324. The number of hydrogen-bond donors (Lipinski definition) is 1. The first-order valence-electron chi connectivity index (χ1n) is 4.64. The summed E-state index contributed by atoms with van der Waals surface area (Å²) in [5, 5.41) is 19.1. The van der Waals surface area contributed by atoms with E-state index in [0.29, 0.717) is 0 Å². The number of aliphatic carboxylic acids is 1. The van der Waals surface area contributed by atoms with Crippen LogP contribution in [0.1, 0.15) is 19.3 Å². The van der Waals surface area contributed by atoms with E-state index in [0.717, 1.165) is 0 Å². The molecule has 3 unspecified atom stereocenters. The van der Waals surface area contributed by atoms with E-state index in [-0.39, 0.29) is 6.42 Å². The lowest BCUT2D eigenvalue weighted by Crippen LogP contribution is -2.40. The molecule has 0 spiro atoms. The van der Waals surface area contributed by atoms with E-state index in [1.54, 1.807) is 0 Å². The third kappa shape index (κ3) is 2.83. The summed E-state index contributed by atoms with van der Waals surface area (Å²) in [6.07, 6.45) is -6.08. The van der Waals surface area contributed by atoms with Crippen molar-refractivity contribution in [1.29, 1.82) is 0 Å². The average Bonchev–Trinajstić information content (AvgIpc) is 2.15. The van der Waals surface area contributed by atoms with Gasteiger partial charge in [0.25, 0.3) is 0 Å². The standard InChI is InChI=1S/C8H10F3NO4/c9-8(10,11)5-1-4(7(13)14)2-6(3-5)12(15)16/h4-6H,1-3H2,(H,13,14). The van der Waals surface area contributed by atoms with Gasteiger partial charge in [0.15, 0.2) is 0 Å². The van der Waals surface area contributed by atoms with E-state index >= 15 is 0 Å². The van der Waals surface area contributed by atoms with E-state index < -0.39 is 47.8 Å². The summed E-state index contributed by atoms with van der Waals surface area (Å²) in [5.41, 5.74) is 0. The van der Waals surface area contributed by atoms with Crippen LogP contribution in [0.3, 0.4) is 0 Å². The van der Waals surface area contributed by atoms with E-state index in [1.165, 1.54) is 0 Å². The van der Waals surface area contributed by atoms with Gasteiger partial charge in [-0.05, 0) is 6.42 Å². The van der Waals surface area contributed by atoms with Gasteiger partial charge in [-0.1, -0.05) is 0 Å². The van der Waals surface area contributed by atoms with Gasteiger partial charge in [0.1, 0.15) is 0 Å². The highest BCUT2D eigenvalue weighted by molar-refractivity contribution is 5.70. The largest absolute Gasteiger partial charge is 0.481 e. The van der Waals surface area contributed by atoms with Crippen molar-refractivity contribution in [1.82, 2.24) is 0 Å². The number of nitrogens with zero attached hydrogens (tertiary/aromatic N) is 1. The Bertz CT molecular complexity index is 282. The molecule has 0 heterocycles. The van der Waals surface area contributed by atoms with E-state index in [9.17, 15) is 28.1 Å². The molecule has 0 bridgehead atoms. The van der Waals surface area contributed by atoms with Gasteiger partial charge >= 0.3 is 12.1 Å². The zero-order valence-corrected chi connectivity index (χ0v) is 8.11. The summed E-state index contributed by atoms with van der Waals surface area (Å²) in [7, 11) is 0. The first-order valence-corrected chi connectivity index (χ1v) is 4.64. The fourth-order valence-corrected chi connectivity index (χ4v) is 1.93. The highest BCUT2D eigenvalue weighted by Gasteiger charge is 2.49. The third-order valence-electron chi connectivity index (χ3n) is 2.79. The first-order chi connectivity index (χ1) is 7.21. The second kappa shape index (κ2) is 4.26. The minimum Gasteiger partial charge on any atom is -0.481 e. The van der Waals surface area contributed by atoms with Crippen LogP contribution in [0, 0.1) is 22.0 Å². The fourth-order valence-electron chi connectivity index (χ4n) is 1.93. The van der Waals surface area contributed by atoms with Crippen LogP contribution in [-0.4, -0.2) is 28.2 Å². The molecule has 0 radical (unpaired) electrons. The van der Waals surface area contributed by atoms with E-state index in [1.807, 2.05) is 0 Å². The van der Waals surface area contributed by atoms with Crippen LogP contribution < -0.4 is 0 Å². The number of nitro groups is 1. The Kier molecular flexibility index (Phi) is 3.39. The van der Waals surface area contributed by atoms with Gasteiger partial charge in [0.05, 0.1) is 11.8 Å². The Morgan fingerprint density at radius 2 is 1.88 bits per heavy atom. The minimum atomic E-state index is -4.57. The molecule has 0 amide bonds. The van der Waals surface area contributed by atoms with Gasteiger partial charge in [-0.3, -0.25) is 14.9 Å². The quantitative estimate of drug-likeness (QED) is 0.589. The van der Waals surface area contributed by atoms with Crippen molar-refractivity contribution in [3.63, 3.8) is 0 Å². The molecule has 1 fully saturated rings. The number of carboxylic acid groups (broad SMARTS) is 1. The van der Waals surface area contributed by atoms with Crippen molar-refractivity contribution in [3.05, 3.63) is 10.1 Å². The van der Waals surface area contributed by atoms with Crippen LogP contribution >= 0.6 is 0 Å². The Labute approximate surface area is 88.4 Å². The molecule has 92 valence electrons. The molecule has 5 nitrogen and oxygen atoms in total. The molecule has 1 N–H and O–H groups in total. The smallest absolute Gasteiger partial charge is 0.392 e. The summed E-state index contributed by atoms with van der Waals surface area (Å²) in [6.45, 7) is 0. The Hall–Kier alpha value is -1.34. The predicted octanol–water partition coefficient (Wildman–Crippen LogP) is 1.69. The second-order valence-corrected chi connectivity index (χ2v) is 3.92. The Morgan fingerprint density at radius 3 is 2.25 bits per heavy atom. The maximum Gasteiger partial charge on any atom is 0.392 e. The molecule has 16 heavy (non-hydrogen) atoms. The van der Waals surface area contributed by atoms with Gasteiger partial charge in [0.2, 0.25) is 6.04 Å². The van der Waals surface area contributed by atoms with Gasteiger partial charge in [-0.15, -0.1) is 0 Å². The van der Waals surface area contributed by atoms with Crippen LogP contribution in [0.2, 0.25) is 0 Å². The van der Waals surface area contributed by atoms with Crippen molar-refractivity contribution in [2.45, 2.75) is 31.5 Å². The highest BCUT2D eigenvalue weighted by atomic mass is 19.4. The molecule has 0 aliphatic heterocycles. The summed E-state index contributed by atoms with van der Waals surface area (Å²) >= 11 is 0. The van der Waals surface area contributed by atoms with Crippen molar-refractivity contribution >= 4 is 5.97 Å². The van der Waals surface area contributed by atoms with Crippen molar-refractivity contribution < 1.29 is 28.0 Å². The molecule has 1 aliphatic carbocycles. The summed E-state index contributed by atoms with van der Waals surface area (Å²) in [6, 6.07) is -1.42. The van der Waals surface area contributed by atoms with Crippen LogP contribution in [0.15, 0.2) is 0 Å². The maximum absolute atomic E-state index is 12.4. The number of rotatable bonds is 2. The van der Waals surface area contributed by atoms with Gasteiger partial charge in [-0.25, -0.2) is 0 Å². The Balaban J connectivity index is 2.82. The van der Waals surface area contributed by atoms with Gasteiger partial charge in [0, 0.05) is 17.8 Å². The third-order valence-corrected chi connectivity index (χ3v) is 2.79. The summed E-state index contributed by atoms with van der Waals surface area (Å²) < 4.78 is 37.2.